The zero-order valence-electron chi connectivity index (χ0n) is 15.3. The first-order valence-corrected chi connectivity index (χ1v) is 9.36. The van der Waals surface area contributed by atoms with Gasteiger partial charge in [0.15, 0.2) is 0 Å². The lowest BCUT2D eigenvalue weighted by Gasteiger charge is -2.40. The first-order chi connectivity index (χ1) is 12.1. The molecule has 0 spiro atoms. The second kappa shape index (κ2) is 7.48. The van der Waals surface area contributed by atoms with Crippen molar-refractivity contribution >= 4 is 22.6 Å². The van der Waals surface area contributed by atoms with Crippen LogP contribution in [0.3, 0.4) is 0 Å². The van der Waals surface area contributed by atoms with Crippen LogP contribution < -0.4 is 5.32 Å². The number of aliphatic hydroxyl groups is 1. The van der Waals surface area contributed by atoms with Crippen molar-refractivity contribution in [3.05, 3.63) is 30.5 Å². The monoisotopic (exact) mass is 343 g/mol. The van der Waals surface area contributed by atoms with Crippen molar-refractivity contribution in [1.82, 2.24) is 9.47 Å². The molecular weight excluding hydrogens is 314 g/mol. The van der Waals surface area contributed by atoms with E-state index in [-0.39, 0.29) is 18.1 Å². The number of hydrogen-bond donors (Lipinski definition) is 2. The Bertz CT molecular complexity index is 724. The van der Waals surface area contributed by atoms with Crippen molar-refractivity contribution in [3.63, 3.8) is 0 Å². The Balaban J connectivity index is 1.64. The van der Waals surface area contributed by atoms with Crippen molar-refractivity contribution in [2.45, 2.75) is 46.1 Å². The summed E-state index contributed by atoms with van der Waals surface area (Å²) in [6.45, 7) is 6.91. The van der Waals surface area contributed by atoms with Gasteiger partial charge in [-0.05, 0) is 55.4 Å². The SMILES string of the molecule is CCCn1ccc2cc(NC(=O)N3CCC(CC)(CO)CC3)ccc21. The van der Waals surface area contributed by atoms with Crippen molar-refractivity contribution in [3.8, 4) is 0 Å². The van der Waals surface area contributed by atoms with Crippen LogP contribution in [0.5, 0.6) is 0 Å². The number of piperidine rings is 1. The van der Waals surface area contributed by atoms with Gasteiger partial charge in [0.2, 0.25) is 0 Å². The van der Waals surface area contributed by atoms with E-state index in [1.807, 2.05) is 17.0 Å². The molecule has 0 bridgehead atoms. The Kier molecular flexibility index (Phi) is 5.33. The van der Waals surface area contributed by atoms with E-state index in [0.29, 0.717) is 13.1 Å². The minimum absolute atomic E-state index is 0.00210. The Morgan fingerprint density at radius 2 is 2.00 bits per heavy atom. The van der Waals surface area contributed by atoms with Gasteiger partial charge in [0.1, 0.15) is 0 Å². The topological polar surface area (TPSA) is 57.5 Å². The summed E-state index contributed by atoms with van der Waals surface area (Å²) < 4.78 is 2.24. The van der Waals surface area contributed by atoms with Crippen LogP contribution >= 0.6 is 0 Å². The van der Waals surface area contributed by atoms with Gasteiger partial charge in [-0.3, -0.25) is 0 Å². The number of amides is 2. The van der Waals surface area contributed by atoms with Gasteiger partial charge >= 0.3 is 6.03 Å². The van der Waals surface area contributed by atoms with E-state index in [1.165, 1.54) is 5.52 Å². The van der Waals surface area contributed by atoms with Gasteiger partial charge in [0.05, 0.1) is 0 Å². The zero-order chi connectivity index (χ0) is 17.9. The molecule has 1 aromatic carbocycles. The minimum atomic E-state index is -0.0463. The maximum Gasteiger partial charge on any atom is 0.321 e. The molecule has 0 aliphatic carbocycles. The molecule has 1 aliphatic heterocycles. The van der Waals surface area contributed by atoms with E-state index in [9.17, 15) is 9.90 Å². The van der Waals surface area contributed by atoms with Gasteiger partial charge in [0.25, 0.3) is 0 Å². The summed E-state index contributed by atoms with van der Waals surface area (Å²) in [4.78, 5) is 14.4. The lowest BCUT2D eigenvalue weighted by molar-refractivity contribution is 0.0542. The molecular formula is C20H29N3O2. The zero-order valence-corrected chi connectivity index (χ0v) is 15.3. The molecule has 1 saturated heterocycles. The van der Waals surface area contributed by atoms with Crippen LogP contribution in [0.15, 0.2) is 30.5 Å². The number of rotatable bonds is 5. The molecule has 2 aromatic rings. The number of nitrogens with zero attached hydrogens (tertiary/aromatic N) is 2. The van der Waals surface area contributed by atoms with Crippen LogP contribution in [-0.4, -0.2) is 40.3 Å². The molecule has 0 saturated carbocycles. The average Bonchev–Trinajstić information content (AvgIpc) is 3.04. The van der Waals surface area contributed by atoms with Gasteiger partial charge in [-0.2, -0.15) is 0 Å². The van der Waals surface area contributed by atoms with Crippen molar-refractivity contribution in [2.24, 2.45) is 5.41 Å². The normalized spacial score (nSPS) is 17.0. The highest BCUT2D eigenvalue weighted by Crippen LogP contribution is 2.34. The number of urea groups is 1. The van der Waals surface area contributed by atoms with Gasteiger partial charge in [-0.1, -0.05) is 13.8 Å². The Morgan fingerprint density at radius 3 is 2.64 bits per heavy atom. The number of carbonyl (C=O) groups excluding carboxylic acids is 1. The van der Waals surface area contributed by atoms with Gasteiger partial charge in [-0.25, -0.2) is 4.79 Å². The molecule has 2 amide bonds. The lowest BCUT2D eigenvalue weighted by atomic mass is 9.77. The molecule has 136 valence electrons. The summed E-state index contributed by atoms with van der Waals surface area (Å²) in [6, 6.07) is 8.13. The molecule has 0 unspecified atom stereocenters. The number of carbonyl (C=O) groups is 1. The number of benzene rings is 1. The van der Waals surface area contributed by atoms with E-state index in [0.717, 1.165) is 43.3 Å². The molecule has 3 rings (SSSR count). The highest BCUT2D eigenvalue weighted by Gasteiger charge is 2.33. The molecule has 0 atom stereocenters. The predicted octanol–water partition coefficient (Wildman–Crippen LogP) is 4.07. The summed E-state index contributed by atoms with van der Waals surface area (Å²) in [5, 5.41) is 13.8. The van der Waals surface area contributed by atoms with E-state index in [2.05, 4.69) is 42.1 Å². The van der Waals surface area contributed by atoms with Crippen LogP contribution in [0.25, 0.3) is 10.9 Å². The molecule has 2 heterocycles. The Labute approximate surface area is 149 Å². The van der Waals surface area contributed by atoms with Gasteiger partial charge in [0, 0.05) is 49.0 Å². The highest BCUT2D eigenvalue weighted by atomic mass is 16.3. The molecule has 0 radical (unpaired) electrons. The second-order valence-corrected chi connectivity index (χ2v) is 7.21. The number of hydrogen-bond acceptors (Lipinski definition) is 2. The number of aliphatic hydroxyl groups excluding tert-OH is 1. The molecule has 5 nitrogen and oxygen atoms in total. The van der Waals surface area contributed by atoms with Crippen molar-refractivity contribution < 1.29 is 9.90 Å². The second-order valence-electron chi connectivity index (χ2n) is 7.21. The number of likely N-dealkylation sites (tertiary alicyclic amines) is 1. The third kappa shape index (κ3) is 3.66. The summed E-state index contributed by atoms with van der Waals surface area (Å²) in [5.74, 6) is 0. The maximum absolute atomic E-state index is 12.5. The number of fused-ring (bicyclic) bond motifs is 1. The third-order valence-corrected chi connectivity index (χ3v) is 5.68. The quantitative estimate of drug-likeness (QED) is 0.860. The number of aryl methyl sites for hydroxylation is 1. The predicted molar refractivity (Wildman–Crippen MR) is 102 cm³/mol. The summed E-state index contributed by atoms with van der Waals surface area (Å²) in [7, 11) is 0. The highest BCUT2D eigenvalue weighted by molar-refractivity contribution is 5.93. The fourth-order valence-electron chi connectivity index (χ4n) is 3.72. The fourth-order valence-corrected chi connectivity index (χ4v) is 3.72. The average molecular weight is 343 g/mol. The summed E-state index contributed by atoms with van der Waals surface area (Å²) in [6.07, 6.45) is 5.90. The summed E-state index contributed by atoms with van der Waals surface area (Å²) >= 11 is 0. The first-order valence-electron chi connectivity index (χ1n) is 9.36. The smallest absolute Gasteiger partial charge is 0.321 e. The largest absolute Gasteiger partial charge is 0.396 e. The Morgan fingerprint density at radius 1 is 1.24 bits per heavy atom. The molecule has 1 fully saturated rings. The lowest BCUT2D eigenvalue weighted by Crippen LogP contribution is -2.46. The van der Waals surface area contributed by atoms with Gasteiger partial charge in [-0.15, -0.1) is 0 Å². The molecule has 2 N–H and O–H groups in total. The van der Waals surface area contributed by atoms with Crippen molar-refractivity contribution in [2.75, 3.05) is 25.0 Å². The minimum Gasteiger partial charge on any atom is -0.396 e. The number of aromatic nitrogens is 1. The van der Waals surface area contributed by atoms with Crippen LogP contribution in [0, 0.1) is 5.41 Å². The van der Waals surface area contributed by atoms with Crippen LogP contribution in [0.2, 0.25) is 0 Å². The maximum atomic E-state index is 12.5. The Hall–Kier alpha value is -2.01. The summed E-state index contributed by atoms with van der Waals surface area (Å²) in [5.41, 5.74) is 2.03. The van der Waals surface area contributed by atoms with E-state index < -0.39 is 0 Å². The van der Waals surface area contributed by atoms with E-state index in [1.54, 1.807) is 0 Å². The molecule has 1 aliphatic rings. The van der Waals surface area contributed by atoms with E-state index in [4.69, 9.17) is 0 Å². The standard InChI is InChI=1S/C20H29N3O2/c1-3-10-22-11-7-16-14-17(5-6-18(16)22)21-19(25)23-12-8-20(4-2,15-24)9-13-23/h5-7,11,14,24H,3-4,8-10,12-13,15H2,1-2H3,(H,21,25). The van der Waals surface area contributed by atoms with Gasteiger partial charge < -0.3 is 19.9 Å². The van der Waals surface area contributed by atoms with Crippen molar-refractivity contribution in [1.29, 1.82) is 0 Å². The van der Waals surface area contributed by atoms with Crippen LogP contribution in [-0.2, 0) is 6.54 Å². The van der Waals surface area contributed by atoms with Crippen LogP contribution in [0.1, 0.15) is 39.5 Å². The molecule has 1 aromatic heterocycles. The van der Waals surface area contributed by atoms with Crippen LogP contribution in [0.4, 0.5) is 10.5 Å². The number of anilines is 1. The first kappa shape index (κ1) is 17.8. The third-order valence-electron chi connectivity index (χ3n) is 5.68. The van der Waals surface area contributed by atoms with E-state index >= 15 is 0 Å². The molecule has 5 heteroatoms. The number of nitrogens with one attached hydrogen (secondary N) is 1. The fraction of sp³-hybridized carbons (Fsp3) is 0.550. The molecule has 25 heavy (non-hydrogen) atoms.